The van der Waals surface area contributed by atoms with Gasteiger partial charge < -0.3 is 29.2 Å². The molecule has 0 aromatic heterocycles. The molecule has 4 rings (SSSR count). The molecule has 0 atom stereocenters. The molecule has 0 saturated carbocycles. The Balaban J connectivity index is 1.35. The SMILES string of the molecule is COc1ccc(OC)c(NC(=O)/C(C#N)=C\N2CCN(Cc3ccc4c(c3)OCO4)CC2)c1. The first kappa shape index (κ1) is 22.3. The number of carbonyl (C=O) groups is 1. The average Bonchev–Trinajstić information content (AvgIpc) is 3.31. The number of hydrogen-bond donors (Lipinski definition) is 1. The van der Waals surface area contributed by atoms with E-state index in [2.05, 4.69) is 10.2 Å². The maximum absolute atomic E-state index is 12.7. The zero-order valence-electron chi connectivity index (χ0n) is 18.7. The summed E-state index contributed by atoms with van der Waals surface area (Å²) < 4.78 is 21.3. The summed E-state index contributed by atoms with van der Waals surface area (Å²) in [6, 6.07) is 13.1. The fraction of sp³-hybridized carbons (Fsp3) is 0.333. The number of methoxy groups -OCH3 is 2. The van der Waals surface area contributed by atoms with Gasteiger partial charge in [0.25, 0.3) is 5.91 Å². The van der Waals surface area contributed by atoms with Crippen LogP contribution in [0.25, 0.3) is 0 Å². The van der Waals surface area contributed by atoms with E-state index >= 15 is 0 Å². The molecule has 2 aromatic rings. The smallest absolute Gasteiger partial charge is 0.267 e. The molecule has 2 aromatic carbocycles. The van der Waals surface area contributed by atoms with E-state index in [1.807, 2.05) is 29.2 Å². The Morgan fingerprint density at radius 2 is 1.88 bits per heavy atom. The van der Waals surface area contributed by atoms with Crippen LogP contribution in [-0.2, 0) is 11.3 Å². The summed E-state index contributed by atoms with van der Waals surface area (Å²) in [5.41, 5.74) is 1.63. The molecule has 1 N–H and O–H groups in total. The maximum atomic E-state index is 12.7. The largest absolute Gasteiger partial charge is 0.497 e. The molecular formula is C24H26N4O5. The van der Waals surface area contributed by atoms with E-state index in [0.717, 1.165) is 36.7 Å². The van der Waals surface area contributed by atoms with Gasteiger partial charge in [-0.25, -0.2) is 0 Å². The van der Waals surface area contributed by atoms with Crippen LogP contribution in [0.15, 0.2) is 48.2 Å². The zero-order valence-corrected chi connectivity index (χ0v) is 18.7. The molecule has 0 unspecified atom stereocenters. The molecule has 2 aliphatic heterocycles. The Hall–Kier alpha value is -3.90. The van der Waals surface area contributed by atoms with E-state index in [1.165, 1.54) is 7.11 Å². The lowest BCUT2D eigenvalue weighted by Gasteiger charge is -2.34. The van der Waals surface area contributed by atoms with Gasteiger partial charge in [0.15, 0.2) is 11.5 Å². The molecule has 0 aliphatic carbocycles. The molecule has 0 spiro atoms. The highest BCUT2D eigenvalue weighted by Gasteiger charge is 2.20. The summed E-state index contributed by atoms with van der Waals surface area (Å²) in [6.45, 7) is 4.12. The number of ether oxygens (including phenoxy) is 4. The Bertz CT molecular complexity index is 1090. The number of fused-ring (bicyclic) bond motifs is 1. The molecule has 33 heavy (non-hydrogen) atoms. The van der Waals surface area contributed by atoms with Gasteiger partial charge in [-0.05, 0) is 29.8 Å². The number of nitriles is 1. The highest BCUT2D eigenvalue weighted by Crippen LogP contribution is 2.33. The molecule has 2 heterocycles. The number of carbonyl (C=O) groups excluding carboxylic acids is 1. The maximum Gasteiger partial charge on any atom is 0.267 e. The van der Waals surface area contributed by atoms with Gasteiger partial charge in [0, 0.05) is 45.0 Å². The van der Waals surface area contributed by atoms with Crippen LogP contribution < -0.4 is 24.3 Å². The second kappa shape index (κ2) is 10.1. The molecule has 9 nitrogen and oxygen atoms in total. The normalized spacial score (nSPS) is 15.7. The standard InChI is InChI=1S/C24H26N4O5/c1-30-19-4-6-21(31-2)20(12-19)26-24(29)18(13-25)15-28-9-7-27(8-10-28)14-17-3-5-22-23(11-17)33-16-32-22/h3-6,11-12,15H,7-10,14,16H2,1-2H3,(H,26,29)/b18-15-. The second-order valence-electron chi connectivity index (χ2n) is 7.67. The van der Waals surface area contributed by atoms with E-state index < -0.39 is 5.91 Å². The number of benzene rings is 2. The highest BCUT2D eigenvalue weighted by atomic mass is 16.7. The highest BCUT2D eigenvalue weighted by molar-refractivity contribution is 6.07. The third-order valence-corrected chi connectivity index (χ3v) is 5.58. The Morgan fingerprint density at radius 1 is 1.09 bits per heavy atom. The first-order chi connectivity index (χ1) is 16.1. The van der Waals surface area contributed by atoms with Crippen LogP contribution in [0.2, 0.25) is 0 Å². The van der Waals surface area contributed by atoms with Crippen molar-refractivity contribution in [3.05, 3.63) is 53.7 Å². The molecule has 9 heteroatoms. The monoisotopic (exact) mass is 450 g/mol. The van der Waals surface area contributed by atoms with Crippen molar-refractivity contribution in [1.29, 1.82) is 5.26 Å². The fourth-order valence-electron chi connectivity index (χ4n) is 3.77. The van der Waals surface area contributed by atoms with E-state index in [-0.39, 0.29) is 12.4 Å². The van der Waals surface area contributed by atoms with Crippen molar-refractivity contribution >= 4 is 11.6 Å². The molecule has 0 bridgehead atoms. The van der Waals surface area contributed by atoms with Gasteiger partial charge in [0.2, 0.25) is 6.79 Å². The van der Waals surface area contributed by atoms with Crippen molar-refractivity contribution in [2.24, 2.45) is 0 Å². The second-order valence-corrected chi connectivity index (χ2v) is 7.67. The quantitative estimate of drug-likeness (QED) is 0.508. The Morgan fingerprint density at radius 3 is 2.61 bits per heavy atom. The Labute approximate surface area is 192 Å². The van der Waals surface area contributed by atoms with Crippen molar-refractivity contribution in [2.75, 3.05) is 52.5 Å². The molecular weight excluding hydrogens is 424 g/mol. The van der Waals surface area contributed by atoms with Crippen molar-refractivity contribution in [1.82, 2.24) is 9.80 Å². The number of amides is 1. The van der Waals surface area contributed by atoms with Gasteiger partial charge in [-0.1, -0.05) is 6.07 Å². The molecule has 172 valence electrons. The fourth-order valence-corrected chi connectivity index (χ4v) is 3.77. The summed E-state index contributed by atoms with van der Waals surface area (Å²) >= 11 is 0. The van der Waals surface area contributed by atoms with Gasteiger partial charge in [0.1, 0.15) is 23.1 Å². The van der Waals surface area contributed by atoms with Crippen LogP contribution >= 0.6 is 0 Å². The van der Waals surface area contributed by atoms with Crippen molar-refractivity contribution < 1.29 is 23.7 Å². The van der Waals surface area contributed by atoms with E-state index in [0.29, 0.717) is 30.3 Å². The first-order valence-electron chi connectivity index (χ1n) is 10.6. The third kappa shape index (κ3) is 5.30. The van der Waals surface area contributed by atoms with Gasteiger partial charge in [-0.3, -0.25) is 9.69 Å². The molecule has 1 saturated heterocycles. The lowest BCUT2D eigenvalue weighted by molar-refractivity contribution is -0.112. The van der Waals surface area contributed by atoms with Crippen LogP contribution in [0.3, 0.4) is 0 Å². The minimum absolute atomic E-state index is 0.0316. The average molecular weight is 450 g/mol. The van der Waals surface area contributed by atoms with Crippen molar-refractivity contribution in [2.45, 2.75) is 6.54 Å². The van der Waals surface area contributed by atoms with Crippen LogP contribution in [0.1, 0.15) is 5.56 Å². The van der Waals surface area contributed by atoms with Crippen LogP contribution in [0.4, 0.5) is 5.69 Å². The predicted molar refractivity (Wildman–Crippen MR) is 121 cm³/mol. The summed E-state index contributed by atoms with van der Waals surface area (Å²) in [5.74, 6) is 2.13. The number of anilines is 1. The van der Waals surface area contributed by atoms with E-state index in [9.17, 15) is 10.1 Å². The molecule has 2 aliphatic rings. The first-order valence-corrected chi connectivity index (χ1v) is 10.6. The number of nitrogens with zero attached hydrogens (tertiary/aromatic N) is 3. The van der Waals surface area contributed by atoms with Crippen molar-refractivity contribution in [3.8, 4) is 29.1 Å². The number of rotatable bonds is 7. The summed E-state index contributed by atoms with van der Waals surface area (Å²) in [4.78, 5) is 17.1. The lowest BCUT2D eigenvalue weighted by Crippen LogP contribution is -2.43. The van der Waals surface area contributed by atoms with Crippen LogP contribution in [0.5, 0.6) is 23.0 Å². The predicted octanol–water partition coefficient (Wildman–Crippen LogP) is 2.60. The minimum Gasteiger partial charge on any atom is -0.497 e. The molecule has 0 radical (unpaired) electrons. The topological polar surface area (TPSA) is 96.3 Å². The number of hydrogen-bond acceptors (Lipinski definition) is 8. The van der Waals surface area contributed by atoms with Crippen LogP contribution in [0, 0.1) is 11.3 Å². The number of nitrogens with one attached hydrogen (secondary N) is 1. The number of piperazine rings is 1. The summed E-state index contributed by atoms with van der Waals surface area (Å²) in [7, 11) is 3.06. The van der Waals surface area contributed by atoms with E-state index in [1.54, 1.807) is 31.5 Å². The minimum atomic E-state index is -0.494. The molecule has 1 amide bonds. The van der Waals surface area contributed by atoms with Gasteiger partial charge in [-0.2, -0.15) is 5.26 Å². The lowest BCUT2D eigenvalue weighted by atomic mass is 10.1. The third-order valence-electron chi connectivity index (χ3n) is 5.58. The summed E-state index contributed by atoms with van der Waals surface area (Å²) in [5, 5.41) is 12.3. The van der Waals surface area contributed by atoms with Gasteiger partial charge in [0.05, 0.1) is 19.9 Å². The van der Waals surface area contributed by atoms with Crippen molar-refractivity contribution in [3.63, 3.8) is 0 Å². The Kier molecular flexibility index (Phi) is 6.86. The van der Waals surface area contributed by atoms with Gasteiger partial charge in [-0.15, -0.1) is 0 Å². The van der Waals surface area contributed by atoms with Gasteiger partial charge >= 0.3 is 0 Å². The van der Waals surface area contributed by atoms with E-state index in [4.69, 9.17) is 18.9 Å². The zero-order chi connectivity index (χ0) is 23.2. The van der Waals surface area contributed by atoms with Crippen LogP contribution in [-0.4, -0.2) is 62.9 Å². The summed E-state index contributed by atoms with van der Waals surface area (Å²) in [6.07, 6.45) is 1.62. The molecule has 1 fully saturated rings.